The first-order valence-corrected chi connectivity index (χ1v) is 8.73. The summed E-state index contributed by atoms with van der Waals surface area (Å²) in [5.74, 6) is -0.832. The highest BCUT2D eigenvalue weighted by molar-refractivity contribution is 6.42. The predicted octanol–water partition coefficient (Wildman–Crippen LogP) is 2.45. The van der Waals surface area contributed by atoms with Crippen LogP contribution in [0.4, 0.5) is 0 Å². The zero-order chi connectivity index (χ0) is 19.8. The number of amides is 2. The van der Waals surface area contributed by atoms with Crippen LogP contribution in [0.2, 0.25) is 10.0 Å². The first kappa shape index (κ1) is 20.8. The van der Waals surface area contributed by atoms with Crippen LogP contribution in [0.25, 0.3) is 0 Å². The Bertz CT molecular complexity index is 808. The van der Waals surface area contributed by atoms with E-state index in [9.17, 15) is 14.4 Å². The molecule has 0 fully saturated rings. The molecule has 1 heterocycles. The lowest BCUT2D eigenvalue weighted by atomic mass is 10.1. The Balaban J connectivity index is 1.70. The molecule has 2 rings (SSSR count). The van der Waals surface area contributed by atoms with E-state index in [-0.39, 0.29) is 25.4 Å². The first-order chi connectivity index (χ1) is 12.8. The topological polar surface area (TPSA) is 88.8 Å². The molecule has 2 amide bonds. The molecule has 1 aromatic heterocycles. The van der Waals surface area contributed by atoms with Gasteiger partial charge in [0, 0.05) is 7.05 Å². The molecule has 0 saturated carbocycles. The van der Waals surface area contributed by atoms with Crippen molar-refractivity contribution in [1.29, 1.82) is 0 Å². The Hall–Kier alpha value is -2.51. The van der Waals surface area contributed by atoms with E-state index >= 15 is 0 Å². The summed E-state index contributed by atoms with van der Waals surface area (Å²) in [7, 11) is 1.45. The van der Waals surface area contributed by atoms with Crippen LogP contribution in [0.1, 0.15) is 11.3 Å². The van der Waals surface area contributed by atoms with Crippen LogP contribution in [-0.2, 0) is 32.1 Å². The maximum absolute atomic E-state index is 12.0. The van der Waals surface area contributed by atoms with Crippen molar-refractivity contribution in [2.75, 3.05) is 20.2 Å². The predicted molar refractivity (Wildman–Crippen MR) is 99.3 cm³/mol. The van der Waals surface area contributed by atoms with Crippen molar-refractivity contribution in [2.45, 2.75) is 13.0 Å². The Kier molecular flexibility index (Phi) is 7.69. The minimum atomic E-state index is -0.586. The fraction of sp³-hybridized carbons (Fsp3) is 0.278. The normalized spacial score (nSPS) is 10.3. The maximum atomic E-state index is 12.0. The summed E-state index contributed by atoms with van der Waals surface area (Å²) in [4.78, 5) is 36.8. The number of likely N-dealkylation sites (N-methyl/N-ethyl adjacent to an activating group) is 1. The van der Waals surface area contributed by atoms with Gasteiger partial charge in [0.15, 0.2) is 6.61 Å². The monoisotopic (exact) mass is 412 g/mol. The molecule has 9 heteroatoms. The van der Waals surface area contributed by atoms with Gasteiger partial charge in [-0.15, -0.1) is 0 Å². The number of esters is 1. The number of ether oxygens (including phenoxy) is 1. The van der Waals surface area contributed by atoms with Crippen molar-refractivity contribution in [2.24, 2.45) is 0 Å². The van der Waals surface area contributed by atoms with Crippen LogP contribution >= 0.6 is 23.2 Å². The molecule has 0 aliphatic carbocycles. The van der Waals surface area contributed by atoms with Crippen LogP contribution in [0.15, 0.2) is 41.0 Å². The standard InChI is InChI=1S/C18H18Cl2N2O5/c1-22(10-16(23)21-9-13-3-2-6-26-13)17(24)11-27-18(25)8-12-4-5-14(19)15(20)7-12/h2-7H,8-11H2,1H3,(H,21,23). The van der Waals surface area contributed by atoms with E-state index in [2.05, 4.69) is 5.32 Å². The van der Waals surface area contributed by atoms with Gasteiger partial charge in [-0.1, -0.05) is 29.3 Å². The maximum Gasteiger partial charge on any atom is 0.310 e. The summed E-state index contributed by atoms with van der Waals surface area (Å²) >= 11 is 11.7. The van der Waals surface area contributed by atoms with Crippen molar-refractivity contribution in [3.8, 4) is 0 Å². The largest absolute Gasteiger partial charge is 0.467 e. The second-order valence-corrected chi connectivity index (χ2v) is 6.51. The summed E-state index contributed by atoms with van der Waals surface area (Å²) in [5.41, 5.74) is 0.618. The lowest BCUT2D eigenvalue weighted by Crippen LogP contribution is -2.40. The highest BCUT2D eigenvalue weighted by Crippen LogP contribution is 2.22. The van der Waals surface area contributed by atoms with Gasteiger partial charge in [-0.2, -0.15) is 0 Å². The molecule has 0 aliphatic heterocycles. The summed E-state index contributed by atoms with van der Waals surface area (Å²) in [5, 5.41) is 3.34. The smallest absolute Gasteiger partial charge is 0.310 e. The van der Waals surface area contributed by atoms with Crippen molar-refractivity contribution >= 4 is 41.0 Å². The Morgan fingerprint density at radius 1 is 1.19 bits per heavy atom. The zero-order valence-corrected chi connectivity index (χ0v) is 16.0. The van der Waals surface area contributed by atoms with Crippen molar-refractivity contribution in [3.05, 3.63) is 58.0 Å². The lowest BCUT2D eigenvalue weighted by Gasteiger charge is -2.16. The van der Waals surface area contributed by atoms with Gasteiger partial charge in [0.2, 0.25) is 5.91 Å². The van der Waals surface area contributed by atoms with Crippen LogP contribution in [-0.4, -0.2) is 42.9 Å². The molecule has 0 spiro atoms. The summed E-state index contributed by atoms with van der Waals surface area (Å²) in [6.07, 6.45) is 1.46. The molecule has 0 bridgehead atoms. The third-order valence-corrected chi connectivity index (χ3v) is 4.27. The van der Waals surface area contributed by atoms with Crippen LogP contribution in [0.5, 0.6) is 0 Å². The highest BCUT2D eigenvalue weighted by atomic mass is 35.5. The van der Waals surface area contributed by atoms with Crippen LogP contribution in [0.3, 0.4) is 0 Å². The Labute approximate surface area is 166 Å². The minimum absolute atomic E-state index is 0.0441. The average molecular weight is 413 g/mol. The SMILES string of the molecule is CN(CC(=O)NCc1ccco1)C(=O)COC(=O)Cc1ccc(Cl)c(Cl)c1. The van der Waals surface area contributed by atoms with E-state index in [1.165, 1.54) is 18.2 Å². The van der Waals surface area contributed by atoms with Gasteiger partial charge in [-0.05, 0) is 29.8 Å². The number of benzene rings is 1. The lowest BCUT2D eigenvalue weighted by molar-refractivity contribution is -0.151. The number of carbonyl (C=O) groups is 3. The molecule has 1 aromatic carbocycles. The molecule has 7 nitrogen and oxygen atoms in total. The molecular formula is C18H18Cl2N2O5. The molecule has 0 unspecified atom stereocenters. The number of nitrogens with zero attached hydrogens (tertiary/aromatic N) is 1. The van der Waals surface area contributed by atoms with Crippen molar-refractivity contribution in [1.82, 2.24) is 10.2 Å². The van der Waals surface area contributed by atoms with Gasteiger partial charge in [0.25, 0.3) is 5.91 Å². The third-order valence-electron chi connectivity index (χ3n) is 3.54. The van der Waals surface area contributed by atoms with E-state index in [0.29, 0.717) is 21.4 Å². The van der Waals surface area contributed by atoms with E-state index in [0.717, 1.165) is 0 Å². The number of carbonyl (C=O) groups excluding carboxylic acids is 3. The van der Waals surface area contributed by atoms with E-state index in [1.54, 1.807) is 30.3 Å². The first-order valence-electron chi connectivity index (χ1n) is 7.97. The van der Waals surface area contributed by atoms with E-state index in [1.807, 2.05) is 0 Å². The number of hydrogen-bond donors (Lipinski definition) is 1. The Morgan fingerprint density at radius 3 is 2.63 bits per heavy atom. The molecular weight excluding hydrogens is 395 g/mol. The number of nitrogens with one attached hydrogen (secondary N) is 1. The molecule has 0 atom stereocenters. The van der Waals surface area contributed by atoms with Gasteiger partial charge in [-0.3, -0.25) is 14.4 Å². The molecule has 0 aliphatic rings. The van der Waals surface area contributed by atoms with Crippen LogP contribution < -0.4 is 5.32 Å². The summed E-state index contributed by atoms with van der Waals surface area (Å²) in [6.45, 7) is -0.390. The molecule has 2 aromatic rings. The quantitative estimate of drug-likeness (QED) is 0.672. The van der Waals surface area contributed by atoms with E-state index < -0.39 is 18.5 Å². The third kappa shape index (κ3) is 6.96. The number of hydrogen-bond acceptors (Lipinski definition) is 5. The number of rotatable bonds is 8. The molecule has 144 valence electrons. The van der Waals surface area contributed by atoms with Crippen molar-refractivity contribution < 1.29 is 23.5 Å². The average Bonchev–Trinajstić information content (AvgIpc) is 3.14. The van der Waals surface area contributed by atoms with Gasteiger partial charge in [0.05, 0.1) is 35.8 Å². The fourth-order valence-electron chi connectivity index (χ4n) is 2.08. The molecule has 27 heavy (non-hydrogen) atoms. The Morgan fingerprint density at radius 2 is 1.96 bits per heavy atom. The zero-order valence-electron chi connectivity index (χ0n) is 14.5. The van der Waals surface area contributed by atoms with Gasteiger partial charge < -0.3 is 19.4 Å². The van der Waals surface area contributed by atoms with E-state index in [4.69, 9.17) is 32.4 Å². The second-order valence-electron chi connectivity index (χ2n) is 5.69. The van der Waals surface area contributed by atoms with Crippen molar-refractivity contribution in [3.63, 3.8) is 0 Å². The van der Waals surface area contributed by atoms with Gasteiger partial charge in [-0.25, -0.2) is 0 Å². The molecule has 0 saturated heterocycles. The van der Waals surface area contributed by atoms with Gasteiger partial charge in [0.1, 0.15) is 5.76 Å². The second kappa shape index (κ2) is 9.99. The number of halogens is 2. The molecule has 1 N–H and O–H groups in total. The summed E-state index contributed by atoms with van der Waals surface area (Å²) < 4.78 is 10.0. The van der Waals surface area contributed by atoms with Crippen LogP contribution in [0, 0.1) is 0 Å². The summed E-state index contributed by atoms with van der Waals surface area (Å²) in [6, 6.07) is 8.22. The minimum Gasteiger partial charge on any atom is -0.467 e. The van der Waals surface area contributed by atoms with Gasteiger partial charge >= 0.3 is 5.97 Å². The highest BCUT2D eigenvalue weighted by Gasteiger charge is 2.15. The molecule has 0 radical (unpaired) electrons. The fourth-order valence-corrected chi connectivity index (χ4v) is 2.40. The number of furan rings is 1.